The zero-order valence-electron chi connectivity index (χ0n) is 18.7. The molecule has 0 fully saturated rings. The van der Waals surface area contributed by atoms with Crippen LogP contribution >= 0.6 is 11.6 Å². The topological polar surface area (TPSA) is 152 Å². The summed E-state index contributed by atoms with van der Waals surface area (Å²) in [4.78, 5) is 38.1. The van der Waals surface area contributed by atoms with Crippen LogP contribution in [0.5, 0.6) is 0 Å². The van der Waals surface area contributed by atoms with E-state index in [-0.39, 0.29) is 46.2 Å². The smallest absolute Gasteiger partial charge is 0.355 e. The Balaban J connectivity index is 1.63. The molecule has 37 heavy (non-hydrogen) atoms. The Morgan fingerprint density at radius 2 is 1.78 bits per heavy atom. The average molecular weight is 534 g/mol. The summed E-state index contributed by atoms with van der Waals surface area (Å²) in [7, 11) is 1.60. The molecule has 0 spiro atoms. The van der Waals surface area contributed by atoms with Crippen molar-refractivity contribution in [2.75, 3.05) is 11.1 Å². The maximum absolute atomic E-state index is 13.9. The van der Waals surface area contributed by atoms with Gasteiger partial charge < -0.3 is 15.5 Å². The van der Waals surface area contributed by atoms with Crippen LogP contribution in [0.1, 0.15) is 11.4 Å². The molecule has 0 bridgehead atoms. The molecule has 0 radical (unpaired) electrons. The van der Waals surface area contributed by atoms with Crippen molar-refractivity contribution >= 4 is 40.4 Å². The lowest BCUT2D eigenvalue weighted by atomic mass is 10.2. The number of hydrogen-bond acceptors (Lipinski definition) is 9. The summed E-state index contributed by atoms with van der Waals surface area (Å²) in [5.41, 5.74) is 4.33. The Morgan fingerprint density at radius 1 is 1.05 bits per heavy atom. The molecule has 5 rings (SSSR count). The van der Waals surface area contributed by atoms with Gasteiger partial charge in [0, 0.05) is 13.1 Å². The van der Waals surface area contributed by atoms with Gasteiger partial charge in [0.2, 0.25) is 5.95 Å². The molecule has 190 valence electrons. The Hall–Kier alpha value is -4.66. The van der Waals surface area contributed by atoms with Gasteiger partial charge in [-0.15, -0.1) is 0 Å². The second-order valence-electron chi connectivity index (χ2n) is 7.86. The largest absolute Gasteiger partial charge is 0.424 e. The van der Waals surface area contributed by atoms with Gasteiger partial charge in [0.15, 0.2) is 28.9 Å². The Labute approximate surface area is 208 Å². The maximum atomic E-state index is 13.9. The van der Waals surface area contributed by atoms with E-state index in [9.17, 15) is 22.8 Å². The molecule has 5 aromatic rings. The third-order valence-electron chi connectivity index (χ3n) is 5.22. The van der Waals surface area contributed by atoms with Gasteiger partial charge in [0.1, 0.15) is 11.8 Å². The number of aromatic nitrogens is 7. The van der Waals surface area contributed by atoms with Gasteiger partial charge in [-0.1, -0.05) is 11.6 Å². The van der Waals surface area contributed by atoms with Crippen molar-refractivity contribution in [3.63, 3.8) is 0 Å². The number of aryl methyl sites for hydroxylation is 1. The number of nitrogens with zero attached hydrogens (tertiary/aromatic N) is 7. The number of nitrogens with one attached hydrogen (secondary N) is 1. The lowest BCUT2D eigenvalue weighted by Gasteiger charge is -2.16. The molecule has 0 atom stereocenters. The van der Waals surface area contributed by atoms with E-state index in [1.165, 1.54) is 23.1 Å². The molecule has 0 aliphatic rings. The van der Waals surface area contributed by atoms with Crippen LogP contribution in [-0.4, -0.2) is 33.9 Å². The maximum Gasteiger partial charge on any atom is 0.355 e. The van der Waals surface area contributed by atoms with Crippen molar-refractivity contribution in [2.45, 2.75) is 13.1 Å². The minimum Gasteiger partial charge on any atom is -0.424 e. The van der Waals surface area contributed by atoms with Crippen LogP contribution in [0.4, 0.5) is 30.8 Å². The van der Waals surface area contributed by atoms with Crippen molar-refractivity contribution in [1.29, 1.82) is 0 Å². The number of fused-ring (bicyclic) bond motifs is 1. The van der Waals surface area contributed by atoms with Gasteiger partial charge in [-0.25, -0.2) is 32.3 Å². The number of halogens is 4. The van der Waals surface area contributed by atoms with E-state index in [0.29, 0.717) is 5.52 Å². The molecule has 3 heterocycles. The highest BCUT2D eigenvalue weighted by molar-refractivity contribution is 6.34. The minimum atomic E-state index is -1.66. The third kappa shape index (κ3) is 4.63. The van der Waals surface area contributed by atoms with Gasteiger partial charge >= 0.3 is 11.4 Å². The van der Waals surface area contributed by atoms with E-state index in [0.717, 1.165) is 21.3 Å². The van der Waals surface area contributed by atoms with Gasteiger partial charge in [0.25, 0.3) is 6.01 Å². The van der Waals surface area contributed by atoms with Crippen LogP contribution in [-0.2, 0) is 20.1 Å². The summed E-state index contributed by atoms with van der Waals surface area (Å²) in [6.07, 6.45) is 1.38. The predicted octanol–water partition coefficient (Wildman–Crippen LogP) is 2.17. The van der Waals surface area contributed by atoms with Crippen LogP contribution in [0.3, 0.4) is 0 Å². The summed E-state index contributed by atoms with van der Waals surface area (Å²) in [6, 6.07) is 4.18. The molecule has 3 N–H and O–H groups in total. The highest BCUT2D eigenvalue weighted by atomic mass is 35.5. The first-order chi connectivity index (χ1) is 17.6. The Kier molecular flexibility index (Phi) is 5.91. The summed E-state index contributed by atoms with van der Waals surface area (Å²) in [6.45, 7) is -0.824. The second-order valence-corrected chi connectivity index (χ2v) is 8.26. The van der Waals surface area contributed by atoms with Crippen LogP contribution < -0.4 is 22.4 Å². The molecule has 0 unspecified atom stereocenters. The van der Waals surface area contributed by atoms with Crippen molar-refractivity contribution < 1.29 is 17.6 Å². The van der Waals surface area contributed by atoms with Gasteiger partial charge in [-0.05, 0) is 23.8 Å². The Bertz CT molecular complexity index is 1770. The number of nitrogens with two attached hydrogens (primary N) is 1. The minimum absolute atomic E-state index is 0.107. The number of nitrogen functional groups attached to an aromatic ring is 1. The quantitative estimate of drug-likeness (QED) is 0.313. The molecule has 0 saturated carbocycles. The first kappa shape index (κ1) is 24.1. The van der Waals surface area contributed by atoms with Crippen LogP contribution in [0.25, 0.3) is 11.1 Å². The standard InChI is InChI=1S/C21H15ClF3N9O3/c1-32-8-27-16(31-32)7-34-20(35)30-19(29-13-5-15-14(4-10(13)22)28-18(26)37-15)33(21(34)36)6-9-2-11(23)17(25)12(24)3-9/h2-5,8H,6-7H2,1H3,(H2,26,28)(H,29,30,35). The average Bonchev–Trinajstić information content (AvgIpc) is 3.41. The SMILES string of the molecule is Cn1cnc(Cn2c(=O)nc(Nc3cc4oc(N)nc4cc3Cl)n(Cc3cc(F)c(F)c(F)c3)c2=O)n1. The number of benzene rings is 2. The number of rotatable bonds is 6. The molecule has 12 nitrogen and oxygen atoms in total. The predicted molar refractivity (Wildman–Crippen MR) is 125 cm³/mol. The molecule has 2 aromatic carbocycles. The van der Waals surface area contributed by atoms with E-state index < -0.39 is 35.4 Å². The lowest BCUT2D eigenvalue weighted by Crippen LogP contribution is -2.43. The van der Waals surface area contributed by atoms with Crippen LogP contribution in [0.2, 0.25) is 5.02 Å². The monoisotopic (exact) mass is 533 g/mol. The number of oxazole rings is 1. The number of anilines is 3. The highest BCUT2D eigenvalue weighted by Gasteiger charge is 2.19. The molecule has 0 saturated heterocycles. The molecule has 16 heteroatoms. The van der Waals surface area contributed by atoms with Gasteiger partial charge in [-0.3, -0.25) is 9.25 Å². The zero-order chi connectivity index (χ0) is 26.4. The lowest BCUT2D eigenvalue weighted by molar-refractivity contribution is 0.444. The molecule has 0 aliphatic heterocycles. The first-order valence-electron chi connectivity index (χ1n) is 10.4. The third-order valence-corrected chi connectivity index (χ3v) is 5.53. The summed E-state index contributed by atoms with van der Waals surface area (Å²) >= 11 is 6.31. The van der Waals surface area contributed by atoms with E-state index in [4.69, 9.17) is 21.8 Å². The fourth-order valence-electron chi connectivity index (χ4n) is 3.56. The fraction of sp³-hybridized carbons (Fsp3) is 0.143. The second kappa shape index (κ2) is 9.09. The van der Waals surface area contributed by atoms with Crippen LogP contribution in [0, 0.1) is 17.5 Å². The van der Waals surface area contributed by atoms with Crippen molar-refractivity contribution in [2.24, 2.45) is 7.05 Å². The summed E-state index contributed by atoms with van der Waals surface area (Å²) in [5, 5.41) is 6.91. The molecule has 0 aliphatic carbocycles. The van der Waals surface area contributed by atoms with E-state index in [1.54, 1.807) is 7.05 Å². The highest BCUT2D eigenvalue weighted by Crippen LogP contribution is 2.30. The van der Waals surface area contributed by atoms with Crippen LogP contribution in [0.15, 0.2) is 44.6 Å². The van der Waals surface area contributed by atoms with Crippen molar-refractivity contribution in [1.82, 2.24) is 33.9 Å². The van der Waals surface area contributed by atoms with E-state index in [1.807, 2.05) is 0 Å². The fourth-order valence-corrected chi connectivity index (χ4v) is 3.77. The Morgan fingerprint density at radius 3 is 2.46 bits per heavy atom. The first-order valence-corrected chi connectivity index (χ1v) is 10.8. The van der Waals surface area contributed by atoms with Crippen molar-refractivity contribution in [3.05, 3.63) is 85.4 Å². The molecular weight excluding hydrogens is 519 g/mol. The molecular formula is C21H15ClF3N9O3. The van der Waals surface area contributed by atoms with E-state index >= 15 is 0 Å². The number of hydrogen-bond donors (Lipinski definition) is 2. The van der Waals surface area contributed by atoms with Gasteiger partial charge in [0.05, 0.1) is 23.8 Å². The van der Waals surface area contributed by atoms with Gasteiger partial charge in [-0.2, -0.15) is 15.1 Å². The van der Waals surface area contributed by atoms with E-state index in [2.05, 4.69) is 25.4 Å². The van der Waals surface area contributed by atoms with Crippen molar-refractivity contribution in [3.8, 4) is 0 Å². The normalized spacial score (nSPS) is 11.4. The summed E-state index contributed by atoms with van der Waals surface area (Å²) < 4.78 is 49.6. The molecule has 0 amide bonds. The summed E-state index contributed by atoms with van der Waals surface area (Å²) in [5.74, 6) is -4.74. The zero-order valence-corrected chi connectivity index (χ0v) is 19.5. The molecule has 3 aromatic heterocycles.